The Morgan fingerprint density at radius 2 is 2.00 bits per heavy atom. The van der Waals surface area contributed by atoms with Crippen molar-refractivity contribution < 1.29 is 18.3 Å². The van der Waals surface area contributed by atoms with Gasteiger partial charge < -0.3 is 10.4 Å². The van der Waals surface area contributed by atoms with Crippen molar-refractivity contribution in [2.75, 3.05) is 24.0 Å². The van der Waals surface area contributed by atoms with E-state index < -0.39 is 15.9 Å². The zero-order valence-corrected chi connectivity index (χ0v) is 15.6. The van der Waals surface area contributed by atoms with Crippen molar-refractivity contribution in [1.29, 1.82) is 0 Å². The van der Waals surface area contributed by atoms with Crippen LogP contribution in [0.5, 0.6) is 0 Å². The number of aryl methyl sites for hydroxylation is 1. The van der Waals surface area contributed by atoms with Crippen LogP contribution in [0.25, 0.3) is 0 Å². The van der Waals surface area contributed by atoms with E-state index in [0.717, 1.165) is 18.4 Å². The molecule has 1 aliphatic rings. The average Bonchev–Trinajstić information content (AvgIpc) is 2.65. The van der Waals surface area contributed by atoms with Crippen LogP contribution < -0.4 is 9.62 Å². The normalized spacial score (nSPS) is 14.0. The molecule has 1 aliphatic heterocycles. The van der Waals surface area contributed by atoms with Gasteiger partial charge in [-0.2, -0.15) is 0 Å². The molecular weight excluding hydrogens is 376 g/mol. The third-order valence-electron chi connectivity index (χ3n) is 4.24. The summed E-state index contributed by atoms with van der Waals surface area (Å²) in [6.07, 6.45) is 1.56. The Balaban J connectivity index is 2.00. The molecular formula is C18H19ClN2O4S. The number of anilines is 1. The molecule has 1 amide bonds. The topological polar surface area (TPSA) is 86.7 Å². The number of nitrogens with zero attached hydrogens (tertiary/aromatic N) is 1. The molecule has 2 aromatic carbocycles. The van der Waals surface area contributed by atoms with Gasteiger partial charge in [0.25, 0.3) is 15.9 Å². The highest BCUT2D eigenvalue weighted by atomic mass is 35.5. The number of amides is 1. The molecule has 6 nitrogen and oxygen atoms in total. The zero-order valence-electron chi connectivity index (χ0n) is 14.0. The standard InChI is InChI=1S/C18H19ClN2O4S/c19-16-8-7-14(12-15(16)18(23)20-9-11-22)26(24,25)21-10-3-5-13-4-1-2-6-17(13)21/h1-2,4,6-8,12,22H,3,5,9-11H2,(H,20,23). The number of rotatable bonds is 5. The first-order valence-corrected chi connectivity index (χ1v) is 10.1. The number of halogens is 1. The maximum atomic E-state index is 13.2. The predicted octanol–water partition coefficient (Wildman–Crippen LogP) is 2.20. The Kier molecular flexibility index (Phi) is 5.50. The lowest BCUT2D eigenvalue weighted by Crippen LogP contribution is -2.35. The summed E-state index contributed by atoms with van der Waals surface area (Å²) in [5, 5.41) is 11.5. The Bertz CT molecular complexity index is 931. The summed E-state index contributed by atoms with van der Waals surface area (Å²) in [5.74, 6) is -0.528. The van der Waals surface area contributed by atoms with Crippen molar-refractivity contribution >= 4 is 33.2 Å². The van der Waals surface area contributed by atoms with Crippen LogP contribution >= 0.6 is 11.6 Å². The Labute approximate surface area is 157 Å². The number of fused-ring (bicyclic) bond motifs is 1. The van der Waals surface area contributed by atoms with Gasteiger partial charge in [0.05, 0.1) is 27.8 Å². The second-order valence-electron chi connectivity index (χ2n) is 5.93. The van der Waals surface area contributed by atoms with Gasteiger partial charge in [0.15, 0.2) is 0 Å². The van der Waals surface area contributed by atoms with Crippen molar-refractivity contribution in [3.05, 3.63) is 58.6 Å². The summed E-state index contributed by atoms with van der Waals surface area (Å²) in [4.78, 5) is 12.2. The van der Waals surface area contributed by atoms with Gasteiger partial charge in [-0.25, -0.2) is 8.42 Å². The minimum atomic E-state index is -3.82. The summed E-state index contributed by atoms with van der Waals surface area (Å²) in [6, 6.07) is 11.5. The van der Waals surface area contributed by atoms with Crippen LogP contribution in [0.2, 0.25) is 5.02 Å². The third-order valence-corrected chi connectivity index (χ3v) is 6.37. The summed E-state index contributed by atoms with van der Waals surface area (Å²) >= 11 is 6.06. The number of aliphatic hydroxyl groups excluding tert-OH is 1. The van der Waals surface area contributed by atoms with Crippen LogP contribution in [0.1, 0.15) is 22.3 Å². The van der Waals surface area contributed by atoms with Gasteiger partial charge in [-0.3, -0.25) is 9.10 Å². The molecule has 0 spiro atoms. The van der Waals surface area contributed by atoms with Crippen LogP contribution in [0.15, 0.2) is 47.4 Å². The lowest BCUT2D eigenvalue weighted by molar-refractivity contribution is 0.0944. The lowest BCUT2D eigenvalue weighted by atomic mass is 10.0. The van der Waals surface area contributed by atoms with E-state index in [9.17, 15) is 13.2 Å². The molecule has 3 rings (SSSR count). The SMILES string of the molecule is O=C(NCCO)c1cc(S(=O)(=O)N2CCCc3ccccc32)ccc1Cl. The van der Waals surface area contributed by atoms with Crippen molar-refractivity contribution in [3.63, 3.8) is 0 Å². The molecule has 1 heterocycles. The molecule has 0 radical (unpaired) electrons. The zero-order chi connectivity index (χ0) is 18.7. The lowest BCUT2D eigenvalue weighted by Gasteiger charge is -2.30. The van der Waals surface area contributed by atoms with E-state index in [1.54, 1.807) is 6.07 Å². The van der Waals surface area contributed by atoms with Crippen molar-refractivity contribution in [3.8, 4) is 0 Å². The number of hydrogen-bond acceptors (Lipinski definition) is 4. The van der Waals surface area contributed by atoms with E-state index in [4.69, 9.17) is 16.7 Å². The van der Waals surface area contributed by atoms with E-state index in [-0.39, 0.29) is 28.6 Å². The highest BCUT2D eigenvalue weighted by Crippen LogP contribution is 2.32. The van der Waals surface area contributed by atoms with Gasteiger partial charge in [0, 0.05) is 13.1 Å². The van der Waals surface area contributed by atoms with E-state index in [1.165, 1.54) is 22.5 Å². The highest BCUT2D eigenvalue weighted by molar-refractivity contribution is 7.92. The number of sulfonamides is 1. The molecule has 26 heavy (non-hydrogen) atoms. The number of carbonyl (C=O) groups excluding carboxylic acids is 1. The summed E-state index contributed by atoms with van der Waals surface area (Å²) < 4.78 is 27.7. The largest absolute Gasteiger partial charge is 0.395 e. The first-order chi connectivity index (χ1) is 12.4. The molecule has 138 valence electrons. The van der Waals surface area contributed by atoms with Crippen molar-refractivity contribution in [2.45, 2.75) is 17.7 Å². The predicted molar refractivity (Wildman–Crippen MR) is 100 cm³/mol. The molecule has 0 aliphatic carbocycles. The molecule has 8 heteroatoms. The monoisotopic (exact) mass is 394 g/mol. The molecule has 0 fully saturated rings. The highest BCUT2D eigenvalue weighted by Gasteiger charge is 2.29. The number of nitrogens with one attached hydrogen (secondary N) is 1. The van der Waals surface area contributed by atoms with Gasteiger partial charge in [-0.05, 0) is 42.7 Å². The smallest absolute Gasteiger partial charge is 0.264 e. The fraction of sp³-hybridized carbons (Fsp3) is 0.278. The summed E-state index contributed by atoms with van der Waals surface area (Å²) in [7, 11) is -3.82. The van der Waals surface area contributed by atoms with Crippen molar-refractivity contribution in [1.82, 2.24) is 5.32 Å². The number of carbonyl (C=O) groups is 1. The van der Waals surface area contributed by atoms with Crippen LogP contribution in [-0.4, -0.2) is 39.1 Å². The van der Waals surface area contributed by atoms with Gasteiger partial charge >= 0.3 is 0 Å². The maximum absolute atomic E-state index is 13.2. The number of aliphatic hydroxyl groups is 1. The van der Waals surface area contributed by atoms with Gasteiger partial charge in [0.1, 0.15) is 0 Å². The molecule has 0 saturated carbocycles. The number of benzene rings is 2. The third kappa shape index (κ3) is 3.56. The van der Waals surface area contributed by atoms with E-state index >= 15 is 0 Å². The van der Waals surface area contributed by atoms with Gasteiger partial charge in [-0.15, -0.1) is 0 Å². The molecule has 0 aromatic heterocycles. The quantitative estimate of drug-likeness (QED) is 0.813. The van der Waals surface area contributed by atoms with E-state index in [2.05, 4.69) is 5.32 Å². The fourth-order valence-corrected chi connectivity index (χ4v) is 4.75. The molecule has 2 N–H and O–H groups in total. The molecule has 0 atom stereocenters. The van der Waals surface area contributed by atoms with Crippen LogP contribution in [0.3, 0.4) is 0 Å². The Morgan fingerprint density at radius 3 is 2.77 bits per heavy atom. The van der Waals surface area contributed by atoms with Crippen LogP contribution in [-0.2, 0) is 16.4 Å². The van der Waals surface area contributed by atoms with Crippen molar-refractivity contribution in [2.24, 2.45) is 0 Å². The maximum Gasteiger partial charge on any atom is 0.264 e. The molecule has 0 bridgehead atoms. The Morgan fingerprint density at radius 1 is 1.23 bits per heavy atom. The minimum Gasteiger partial charge on any atom is -0.395 e. The summed E-state index contributed by atoms with van der Waals surface area (Å²) in [5.41, 5.74) is 1.71. The minimum absolute atomic E-state index is 0.00718. The second kappa shape index (κ2) is 7.65. The average molecular weight is 395 g/mol. The first-order valence-electron chi connectivity index (χ1n) is 8.24. The second-order valence-corrected chi connectivity index (χ2v) is 8.20. The fourth-order valence-electron chi connectivity index (χ4n) is 2.98. The van der Waals surface area contributed by atoms with Gasteiger partial charge in [0.2, 0.25) is 0 Å². The molecule has 2 aromatic rings. The number of hydrogen-bond donors (Lipinski definition) is 2. The van der Waals surface area contributed by atoms with Gasteiger partial charge in [-0.1, -0.05) is 29.8 Å². The van der Waals surface area contributed by atoms with Crippen LogP contribution in [0.4, 0.5) is 5.69 Å². The van der Waals surface area contributed by atoms with E-state index in [0.29, 0.717) is 12.2 Å². The molecule has 0 unspecified atom stereocenters. The van der Waals surface area contributed by atoms with E-state index in [1.807, 2.05) is 18.2 Å². The Hall–Kier alpha value is -2.09. The first kappa shape index (κ1) is 18.7. The number of para-hydroxylation sites is 1. The van der Waals surface area contributed by atoms with Crippen LogP contribution in [0, 0.1) is 0 Å². The molecule has 0 saturated heterocycles. The summed E-state index contributed by atoms with van der Waals surface area (Å²) in [6.45, 7) is 0.228.